The molecule has 0 radical (unpaired) electrons. The second-order valence-corrected chi connectivity index (χ2v) is 5.56. The third-order valence-electron chi connectivity index (χ3n) is 2.88. The van der Waals surface area contributed by atoms with E-state index >= 15 is 0 Å². The van der Waals surface area contributed by atoms with Crippen molar-refractivity contribution >= 4 is 23.3 Å². The van der Waals surface area contributed by atoms with Crippen LogP contribution in [0.4, 0.5) is 4.79 Å². The lowest BCUT2D eigenvalue weighted by molar-refractivity contribution is 0.0691. The van der Waals surface area contributed by atoms with E-state index in [1.165, 1.54) is 16.7 Å². The lowest BCUT2D eigenvalue weighted by atomic mass is 10.2. The maximum Gasteiger partial charge on any atom is 0.355 e. The Kier molecular flexibility index (Phi) is 7.70. The van der Waals surface area contributed by atoms with Gasteiger partial charge in [-0.1, -0.05) is 0 Å². The molecule has 0 unspecified atom stereocenters. The number of aromatic nitrogens is 1. The number of carbonyl (C=O) groups is 2. The summed E-state index contributed by atoms with van der Waals surface area (Å²) in [6.45, 7) is 1.25. The molecular formula is C13H21N3O4S. The molecule has 0 spiro atoms. The number of carboxylic acids is 1. The van der Waals surface area contributed by atoms with Gasteiger partial charge in [0.1, 0.15) is 0 Å². The fourth-order valence-electron chi connectivity index (χ4n) is 1.67. The zero-order valence-corrected chi connectivity index (χ0v) is 12.9. The normalized spacial score (nSPS) is 10.4. The number of hydrogen-bond donors (Lipinski definition) is 3. The number of nitrogens with one attached hydrogen (secondary N) is 1. The van der Waals surface area contributed by atoms with E-state index in [-0.39, 0.29) is 18.3 Å². The van der Waals surface area contributed by atoms with Gasteiger partial charge in [0.05, 0.1) is 5.01 Å². The summed E-state index contributed by atoms with van der Waals surface area (Å²) < 4.78 is 0. The topological polar surface area (TPSA) is 103 Å². The first-order valence-corrected chi connectivity index (χ1v) is 7.70. The lowest BCUT2D eigenvalue weighted by Crippen LogP contribution is -2.38. The van der Waals surface area contributed by atoms with Gasteiger partial charge in [-0.2, -0.15) is 0 Å². The van der Waals surface area contributed by atoms with E-state index in [1.54, 1.807) is 11.9 Å². The number of aliphatic hydroxyl groups excluding tert-OH is 1. The average Bonchev–Trinajstić information content (AvgIpc) is 2.92. The van der Waals surface area contributed by atoms with Crippen LogP contribution in [-0.2, 0) is 6.42 Å². The number of amides is 2. The van der Waals surface area contributed by atoms with Crippen molar-refractivity contribution in [2.45, 2.75) is 25.7 Å². The average molecular weight is 315 g/mol. The van der Waals surface area contributed by atoms with Crippen molar-refractivity contribution in [2.24, 2.45) is 0 Å². The largest absolute Gasteiger partial charge is 0.476 e. The number of unbranched alkanes of at least 4 members (excludes halogenated alkanes) is 2. The molecule has 0 aliphatic carbocycles. The molecule has 1 heterocycles. The molecule has 8 heteroatoms. The van der Waals surface area contributed by atoms with Gasteiger partial charge >= 0.3 is 12.0 Å². The molecule has 7 nitrogen and oxygen atoms in total. The summed E-state index contributed by atoms with van der Waals surface area (Å²) >= 11 is 1.28. The van der Waals surface area contributed by atoms with Crippen LogP contribution in [0.25, 0.3) is 0 Å². The van der Waals surface area contributed by atoms with E-state index in [0.717, 1.165) is 19.3 Å². The molecule has 0 aromatic carbocycles. The van der Waals surface area contributed by atoms with E-state index in [0.29, 0.717) is 24.5 Å². The van der Waals surface area contributed by atoms with E-state index in [1.807, 2.05) is 0 Å². The van der Waals surface area contributed by atoms with Gasteiger partial charge in [0.15, 0.2) is 5.69 Å². The number of nitrogens with zero attached hydrogens (tertiary/aromatic N) is 2. The molecule has 2 amide bonds. The Bertz CT molecular complexity index is 464. The Labute approximate surface area is 127 Å². The summed E-state index contributed by atoms with van der Waals surface area (Å²) in [7, 11) is 1.72. The van der Waals surface area contributed by atoms with E-state index in [4.69, 9.17) is 10.2 Å². The number of carbonyl (C=O) groups excluding carboxylic acids is 1. The van der Waals surface area contributed by atoms with E-state index in [2.05, 4.69) is 10.3 Å². The highest BCUT2D eigenvalue weighted by molar-refractivity contribution is 7.09. The second-order valence-electron chi connectivity index (χ2n) is 4.62. The zero-order chi connectivity index (χ0) is 15.7. The van der Waals surface area contributed by atoms with Gasteiger partial charge < -0.3 is 20.4 Å². The van der Waals surface area contributed by atoms with E-state index < -0.39 is 5.97 Å². The molecule has 1 rings (SSSR count). The molecular weight excluding hydrogens is 294 g/mol. The maximum atomic E-state index is 11.8. The predicted molar refractivity (Wildman–Crippen MR) is 79.7 cm³/mol. The first-order valence-electron chi connectivity index (χ1n) is 6.82. The number of aromatic carboxylic acids is 1. The monoisotopic (exact) mass is 315 g/mol. The van der Waals surface area contributed by atoms with Gasteiger partial charge in [0.2, 0.25) is 0 Å². The van der Waals surface area contributed by atoms with Gasteiger partial charge in [0.25, 0.3) is 0 Å². The third kappa shape index (κ3) is 6.54. The van der Waals surface area contributed by atoms with Crippen LogP contribution in [0.5, 0.6) is 0 Å². The van der Waals surface area contributed by atoms with Crippen LogP contribution in [0.2, 0.25) is 0 Å². The molecule has 0 bridgehead atoms. The van der Waals surface area contributed by atoms with Gasteiger partial charge in [-0.25, -0.2) is 14.6 Å². The standard InChI is InChI=1S/C13H21N3O4S/c1-16(7-3-2-4-8-17)13(20)14-6-5-11-15-10(9-21-11)12(18)19/h9,17H,2-8H2,1H3,(H,14,20)(H,18,19). The van der Waals surface area contributed by atoms with Crippen LogP contribution in [0.15, 0.2) is 5.38 Å². The zero-order valence-electron chi connectivity index (χ0n) is 12.0. The van der Waals surface area contributed by atoms with Gasteiger partial charge in [0, 0.05) is 38.5 Å². The molecule has 1 aromatic heterocycles. The summed E-state index contributed by atoms with van der Waals surface area (Å²) in [5.74, 6) is -1.04. The molecule has 0 aliphatic heterocycles. The van der Waals surface area contributed by atoms with Crippen LogP contribution in [0.1, 0.15) is 34.8 Å². The molecule has 0 atom stereocenters. The van der Waals surface area contributed by atoms with Crippen LogP contribution in [0.3, 0.4) is 0 Å². The van der Waals surface area contributed by atoms with Crippen molar-refractivity contribution in [1.82, 2.24) is 15.2 Å². The molecule has 0 saturated carbocycles. The number of hydrogen-bond acceptors (Lipinski definition) is 5. The summed E-state index contributed by atoms with van der Waals surface area (Å²) in [5.41, 5.74) is 0.0438. The quantitative estimate of drug-likeness (QED) is 0.594. The minimum Gasteiger partial charge on any atom is -0.476 e. The minimum absolute atomic E-state index is 0.0438. The van der Waals surface area contributed by atoms with Crippen molar-refractivity contribution in [3.63, 3.8) is 0 Å². The number of thiazole rings is 1. The molecule has 0 aliphatic rings. The Morgan fingerprint density at radius 2 is 2.14 bits per heavy atom. The highest BCUT2D eigenvalue weighted by Gasteiger charge is 2.10. The van der Waals surface area contributed by atoms with Crippen molar-refractivity contribution < 1.29 is 19.8 Å². The molecule has 21 heavy (non-hydrogen) atoms. The van der Waals surface area contributed by atoms with Crippen molar-refractivity contribution in [3.05, 3.63) is 16.1 Å². The second kappa shape index (κ2) is 9.30. The summed E-state index contributed by atoms with van der Waals surface area (Å²) in [5, 5.41) is 22.4. The van der Waals surface area contributed by atoms with Crippen LogP contribution < -0.4 is 5.32 Å². The smallest absolute Gasteiger partial charge is 0.355 e. The third-order valence-corrected chi connectivity index (χ3v) is 3.79. The lowest BCUT2D eigenvalue weighted by Gasteiger charge is -2.17. The Hall–Kier alpha value is -1.67. The number of rotatable bonds is 9. The Morgan fingerprint density at radius 1 is 1.38 bits per heavy atom. The highest BCUT2D eigenvalue weighted by Crippen LogP contribution is 2.09. The number of carboxylic acid groups (broad SMARTS) is 1. The molecule has 3 N–H and O–H groups in total. The van der Waals surface area contributed by atoms with Crippen molar-refractivity contribution in [2.75, 3.05) is 26.7 Å². The fraction of sp³-hybridized carbons (Fsp3) is 0.615. The fourth-order valence-corrected chi connectivity index (χ4v) is 2.45. The van der Waals surface area contributed by atoms with Crippen molar-refractivity contribution in [1.29, 1.82) is 0 Å². The molecule has 1 aromatic rings. The molecule has 0 fully saturated rings. The Balaban J connectivity index is 2.21. The molecule has 118 valence electrons. The number of aliphatic hydroxyl groups is 1. The predicted octanol–water partition coefficient (Wildman–Crippen LogP) is 1.19. The van der Waals surface area contributed by atoms with Crippen molar-refractivity contribution in [3.8, 4) is 0 Å². The first-order chi connectivity index (χ1) is 10.0. The minimum atomic E-state index is -1.04. The summed E-state index contributed by atoms with van der Waals surface area (Å²) in [6, 6.07) is -0.158. The van der Waals surface area contributed by atoms with Crippen LogP contribution in [-0.4, -0.2) is 58.8 Å². The van der Waals surface area contributed by atoms with Gasteiger partial charge in [-0.05, 0) is 19.3 Å². The number of urea groups is 1. The molecule has 0 saturated heterocycles. The van der Waals surface area contributed by atoms with Crippen LogP contribution in [0, 0.1) is 0 Å². The van der Waals surface area contributed by atoms with E-state index in [9.17, 15) is 9.59 Å². The summed E-state index contributed by atoms with van der Waals surface area (Å²) in [4.78, 5) is 28.0. The maximum absolute atomic E-state index is 11.8. The van der Waals surface area contributed by atoms with Crippen LogP contribution >= 0.6 is 11.3 Å². The summed E-state index contributed by atoms with van der Waals surface area (Å²) in [6.07, 6.45) is 3.03. The highest BCUT2D eigenvalue weighted by atomic mass is 32.1. The Morgan fingerprint density at radius 3 is 2.76 bits per heavy atom. The van der Waals surface area contributed by atoms with Gasteiger partial charge in [-0.15, -0.1) is 11.3 Å². The van der Waals surface area contributed by atoms with Gasteiger partial charge in [-0.3, -0.25) is 0 Å². The SMILES string of the molecule is CN(CCCCCO)C(=O)NCCc1nc(C(=O)O)cs1. The first kappa shape index (κ1) is 17.4.